The summed E-state index contributed by atoms with van der Waals surface area (Å²) >= 11 is 0. The first kappa shape index (κ1) is 12.5. The largest absolute Gasteiger partial charge is 0.352 e. The Morgan fingerprint density at radius 2 is 2.39 bits per heavy atom. The number of nitrogens with one attached hydrogen (secondary N) is 1. The molecule has 2 rings (SSSR count). The zero-order valence-corrected chi connectivity index (χ0v) is 10.8. The Labute approximate surface area is 107 Å². The Morgan fingerprint density at radius 1 is 1.61 bits per heavy atom. The van der Waals surface area contributed by atoms with Crippen LogP contribution in [0.3, 0.4) is 0 Å². The first-order valence-electron chi connectivity index (χ1n) is 6.13. The van der Waals surface area contributed by atoms with Gasteiger partial charge in [-0.3, -0.25) is 4.79 Å². The summed E-state index contributed by atoms with van der Waals surface area (Å²) in [5.74, 6) is 0.578. The number of nitrogens with zero attached hydrogens (tertiary/aromatic N) is 3. The van der Waals surface area contributed by atoms with Gasteiger partial charge in [0.1, 0.15) is 0 Å². The molecule has 0 spiro atoms. The monoisotopic (exact) mass is 246 g/mol. The van der Waals surface area contributed by atoms with Gasteiger partial charge in [-0.1, -0.05) is 6.58 Å². The van der Waals surface area contributed by atoms with E-state index >= 15 is 0 Å². The molecule has 1 aromatic rings. The molecule has 1 amide bonds. The van der Waals surface area contributed by atoms with Crippen molar-refractivity contribution in [2.45, 2.75) is 32.9 Å². The molecule has 0 fully saturated rings. The minimum atomic E-state index is -0.0439. The Morgan fingerprint density at radius 3 is 3.06 bits per heavy atom. The minimum absolute atomic E-state index is 0.0439. The topological polar surface area (TPSA) is 58.1 Å². The molecule has 96 valence electrons. The molecule has 1 aliphatic heterocycles. The normalized spacial score (nSPS) is 14.3. The van der Waals surface area contributed by atoms with Crippen molar-refractivity contribution >= 4 is 11.9 Å². The molecule has 5 heteroatoms. The Hall–Kier alpha value is -1.91. The van der Waals surface area contributed by atoms with Crippen LogP contribution in [0.5, 0.6) is 0 Å². The third-order valence-corrected chi connectivity index (χ3v) is 2.85. The van der Waals surface area contributed by atoms with E-state index in [0.717, 1.165) is 17.7 Å². The van der Waals surface area contributed by atoms with Crippen molar-refractivity contribution in [2.75, 3.05) is 11.9 Å². The average molecular weight is 246 g/mol. The highest BCUT2D eigenvalue weighted by molar-refractivity contribution is 5.87. The molecule has 1 N–H and O–H groups in total. The smallest absolute Gasteiger partial charge is 0.246 e. The van der Waals surface area contributed by atoms with E-state index in [1.165, 1.54) is 6.08 Å². The van der Waals surface area contributed by atoms with Gasteiger partial charge >= 0.3 is 0 Å². The molecule has 0 aromatic carbocycles. The number of anilines is 1. The van der Waals surface area contributed by atoms with E-state index in [1.54, 1.807) is 4.90 Å². The summed E-state index contributed by atoms with van der Waals surface area (Å²) in [5.41, 5.74) is 2.05. The molecule has 0 aliphatic carbocycles. The van der Waals surface area contributed by atoms with Crippen LogP contribution in [0.2, 0.25) is 0 Å². The Bertz CT molecular complexity index is 470. The lowest BCUT2D eigenvalue weighted by atomic mass is 10.1. The van der Waals surface area contributed by atoms with Crippen LogP contribution in [0.1, 0.15) is 25.1 Å². The number of amides is 1. The van der Waals surface area contributed by atoms with Crippen LogP contribution in [0.4, 0.5) is 5.95 Å². The van der Waals surface area contributed by atoms with Crippen molar-refractivity contribution in [3.05, 3.63) is 30.1 Å². The first-order chi connectivity index (χ1) is 8.60. The molecule has 0 saturated heterocycles. The number of carbonyl (C=O) groups is 1. The van der Waals surface area contributed by atoms with Gasteiger partial charge in [-0.05, 0) is 31.9 Å². The zero-order valence-electron chi connectivity index (χ0n) is 10.8. The summed E-state index contributed by atoms with van der Waals surface area (Å²) < 4.78 is 0. The lowest BCUT2D eigenvalue weighted by molar-refractivity contribution is -0.126. The van der Waals surface area contributed by atoms with Crippen molar-refractivity contribution in [3.63, 3.8) is 0 Å². The standard InChI is InChI=1S/C13H18N4O/c1-4-12(18)17-6-5-10-7-14-13(15-9(2)3)16-11(10)8-17/h4,7,9H,1,5-6,8H2,2-3H3,(H,14,15,16). The summed E-state index contributed by atoms with van der Waals surface area (Å²) in [5, 5.41) is 3.17. The van der Waals surface area contributed by atoms with Gasteiger partial charge in [0.05, 0.1) is 12.2 Å². The molecular formula is C13H18N4O. The van der Waals surface area contributed by atoms with Crippen LogP contribution in [0.15, 0.2) is 18.9 Å². The Kier molecular flexibility index (Phi) is 3.60. The Balaban J connectivity index is 2.19. The number of carbonyl (C=O) groups excluding carboxylic acids is 1. The summed E-state index contributed by atoms with van der Waals surface area (Å²) in [7, 11) is 0. The van der Waals surface area contributed by atoms with Crippen molar-refractivity contribution in [3.8, 4) is 0 Å². The van der Waals surface area contributed by atoms with Crippen LogP contribution >= 0.6 is 0 Å². The zero-order chi connectivity index (χ0) is 13.1. The van der Waals surface area contributed by atoms with E-state index in [9.17, 15) is 4.79 Å². The fraction of sp³-hybridized carbons (Fsp3) is 0.462. The van der Waals surface area contributed by atoms with E-state index < -0.39 is 0 Å². The van der Waals surface area contributed by atoms with Crippen molar-refractivity contribution < 1.29 is 4.79 Å². The third-order valence-electron chi connectivity index (χ3n) is 2.85. The highest BCUT2D eigenvalue weighted by Gasteiger charge is 2.20. The van der Waals surface area contributed by atoms with E-state index in [2.05, 4.69) is 21.9 Å². The second-order valence-corrected chi connectivity index (χ2v) is 4.68. The number of rotatable bonds is 3. The fourth-order valence-electron chi connectivity index (χ4n) is 1.95. The maximum absolute atomic E-state index is 11.6. The molecule has 0 unspecified atom stereocenters. The minimum Gasteiger partial charge on any atom is -0.352 e. The van der Waals surface area contributed by atoms with Crippen LogP contribution in [0, 0.1) is 0 Å². The van der Waals surface area contributed by atoms with Gasteiger partial charge in [0, 0.05) is 18.8 Å². The fourth-order valence-corrected chi connectivity index (χ4v) is 1.95. The summed E-state index contributed by atoms with van der Waals surface area (Å²) in [6, 6.07) is 0.289. The van der Waals surface area contributed by atoms with E-state index in [1.807, 2.05) is 20.0 Å². The average Bonchev–Trinajstić information content (AvgIpc) is 2.36. The van der Waals surface area contributed by atoms with Crippen LogP contribution < -0.4 is 5.32 Å². The molecule has 0 saturated carbocycles. The maximum atomic E-state index is 11.6. The molecule has 5 nitrogen and oxygen atoms in total. The molecular weight excluding hydrogens is 228 g/mol. The predicted octanol–water partition coefficient (Wildman–Crippen LogP) is 1.37. The molecule has 1 aliphatic rings. The molecule has 18 heavy (non-hydrogen) atoms. The second kappa shape index (κ2) is 5.16. The SMILES string of the molecule is C=CC(=O)N1CCc2cnc(NC(C)C)nc2C1. The van der Waals surface area contributed by atoms with Crippen LogP contribution in [0.25, 0.3) is 0 Å². The van der Waals surface area contributed by atoms with Gasteiger partial charge < -0.3 is 10.2 Å². The number of fused-ring (bicyclic) bond motifs is 1. The van der Waals surface area contributed by atoms with Gasteiger partial charge in [0.2, 0.25) is 11.9 Å². The van der Waals surface area contributed by atoms with E-state index in [0.29, 0.717) is 19.0 Å². The van der Waals surface area contributed by atoms with Gasteiger partial charge in [-0.15, -0.1) is 0 Å². The number of hydrogen-bond donors (Lipinski definition) is 1. The quantitative estimate of drug-likeness (QED) is 0.818. The molecule has 1 aromatic heterocycles. The molecule has 0 radical (unpaired) electrons. The lowest BCUT2D eigenvalue weighted by Gasteiger charge is -2.27. The van der Waals surface area contributed by atoms with E-state index in [-0.39, 0.29) is 11.9 Å². The number of hydrogen-bond acceptors (Lipinski definition) is 4. The summed E-state index contributed by atoms with van der Waals surface area (Å²) in [6.07, 6.45) is 4.00. The molecule has 2 heterocycles. The summed E-state index contributed by atoms with van der Waals surface area (Å²) in [4.78, 5) is 22.1. The van der Waals surface area contributed by atoms with E-state index in [4.69, 9.17) is 0 Å². The van der Waals surface area contributed by atoms with Gasteiger partial charge in [0.15, 0.2) is 0 Å². The van der Waals surface area contributed by atoms with Crippen LogP contribution in [-0.4, -0.2) is 33.4 Å². The van der Waals surface area contributed by atoms with Crippen molar-refractivity contribution in [1.29, 1.82) is 0 Å². The first-order valence-corrected chi connectivity index (χ1v) is 6.13. The second-order valence-electron chi connectivity index (χ2n) is 4.68. The highest BCUT2D eigenvalue weighted by Crippen LogP contribution is 2.18. The highest BCUT2D eigenvalue weighted by atomic mass is 16.2. The van der Waals surface area contributed by atoms with Gasteiger partial charge in [-0.2, -0.15) is 0 Å². The van der Waals surface area contributed by atoms with Crippen LogP contribution in [-0.2, 0) is 17.8 Å². The lowest BCUT2D eigenvalue weighted by Crippen LogP contribution is -2.35. The summed E-state index contributed by atoms with van der Waals surface area (Å²) in [6.45, 7) is 8.83. The molecule has 0 bridgehead atoms. The van der Waals surface area contributed by atoms with Gasteiger partial charge in [0.25, 0.3) is 0 Å². The van der Waals surface area contributed by atoms with Crippen molar-refractivity contribution in [2.24, 2.45) is 0 Å². The molecule has 0 atom stereocenters. The van der Waals surface area contributed by atoms with Crippen molar-refractivity contribution in [1.82, 2.24) is 14.9 Å². The maximum Gasteiger partial charge on any atom is 0.246 e. The number of aromatic nitrogens is 2. The van der Waals surface area contributed by atoms with Gasteiger partial charge in [-0.25, -0.2) is 9.97 Å². The third kappa shape index (κ3) is 2.67. The predicted molar refractivity (Wildman–Crippen MR) is 70.1 cm³/mol.